The Kier molecular flexibility index (Phi) is 11.2. The molecular weight excluding hydrogens is 585 g/mol. The molecule has 0 bridgehead atoms. The summed E-state index contributed by atoms with van der Waals surface area (Å²) in [5, 5.41) is 3.09. The Balaban J connectivity index is 1.66. The second-order valence-electron chi connectivity index (χ2n) is 10.8. The molecule has 236 valence electrons. The maximum Gasteiger partial charge on any atom is 0.264 e. The zero-order chi connectivity index (χ0) is 31.7. The predicted molar refractivity (Wildman–Crippen MR) is 167 cm³/mol. The van der Waals surface area contributed by atoms with Crippen molar-refractivity contribution in [1.82, 2.24) is 10.2 Å². The van der Waals surface area contributed by atoms with E-state index in [9.17, 15) is 22.4 Å². The van der Waals surface area contributed by atoms with Gasteiger partial charge < -0.3 is 19.7 Å². The van der Waals surface area contributed by atoms with E-state index in [1.807, 2.05) is 30.3 Å². The zero-order valence-corrected chi connectivity index (χ0v) is 26.2. The minimum Gasteiger partial charge on any atom is -0.493 e. The first-order valence-corrected chi connectivity index (χ1v) is 16.2. The molecule has 3 aromatic rings. The minimum atomic E-state index is -4.36. The summed E-state index contributed by atoms with van der Waals surface area (Å²) in [6, 6.07) is 17.7. The maximum atomic E-state index is 14.1. The van der Waals surface area contributed by atoms with E-state index in [2.05, 4.69) is 5.32 Å². The smallest absolute Gasteiger partial charge is 0.264 e. The highest BCUT2D eigenvalue weighted by Crippen LogP contribution is 2.32. The van der Waals surface area contributed by atoms with Gasteiger partial charge in [-0.3, -0.25) is 13.9 Å². The summed E-state index contributed by atoms with van der Waals surface area (Å²) in [7, 11) is -1.54. The molecule has 3 aromatic carbocycles. The van der Waals surface area contributed by atoms with Gasteiger partial charge in [0.2, 0.25) is 11.8 Å². The van der Waals surface area contributed by atoms with E-state index in [1.54, 1.807) is 6.92 Å². The average Bonchev–Trinajstić information content (AvgIpc) is 3.04. The third-order valence-electron chi connectivity index (χ3n) is 7.94. The van der Waals surface area contributed by atoms with E-state index >= 15 is 0 Å². The Hall–Kier alpha value is -4.12. The molecule has 0 saturated heterocycles. The van der Waals surface area contributed by atoms with Crippen LogP contribution in [-0.2, 0) is 26.0 Å². The minimum absolute atomic E-state index is 0.0471. The Morgan fingerprint density at radius 1 is 0.932 bits per heavy atom. The first kappa shape index (κ1) is 32.8. The Morgan fingerprint density at radius 2 is 1.59 bits per heavy atom. The molecule has 2 amide bonds. The van der Waals surface area contributed by atoms with Crippen LogP contribution in [0.4, 0.5) is 10.1 Å². The molecule has 0 radical (unpaired) electrons. The first-order chi connectivity index (χ1) is 21.1. The number of carbonyl (C=O) groups is 2. The van der Waals surface area contributed by atoms with Gasteiger partial charge in [0, 0.05) is 18.7 Å². The summed E-state index contributed by atoms with van der Waals surface area (Å²) in [4.78, 5) is 28.8. The van der Waals surface area contributed by atoms with Gasteiger partial charge in [0.05, 0.1) is 24.8 Å². The molecule has 0 heterocycles. The van der Waals surface area contributed by atoms with Crippen molar-refractivity contribution in [2.75, 3.05) is 31.6 Å². The summed E-state index contributed by atoms with van der Waals surface area (Å²) in [6.07, 6.45) is 5.45. The van der Waals surface area contributed by atoms with E-state index < -0.39 is 34.3 Å². The van der Waals surface area contributed by atoms with E-state index in [-0.39, 0.29) is 34.8 Å². The van der Waals surface area contributed by atoms with E-state index in [0.717, 1.165) is 54.1 Å². The van der Waals surface area contributed by atoms with Gasteiger partial charge in [-0.1, -0.05) is 49.6 Å². The molecular formula is C33H40FN3O6S. The van der Waals surface area contributed by atoms with Crippen LogP contribution in [0.3, 0.4) is 0 Å². The van der Waals surface area contributed by atoms with Crippen LogP contribution < -0.4 is 19.1 Å². The number of rotatable bonds is 13. The van der Waals surface area contributed by atoms with Gasteiger partial charge in [0.1, 0.15) is 18.4 Å². The number of benzene rings is 3. The maximum absolute atomic E-state index is 14.1. The lowest BCUT2D eigenvalue weighted by Gasteiger charge is -2.33. The summed E-state index contributed by atoms with van der Waals surface area (Å²) < 4.78 is 53.5. The molecule has 1 unspecified atom stereocenters. The second kappa shape index (κ2) is 15.1. The molecule has 9 nitrogen and oxygen atoms in total. The predicted octanol–water partition coefficient (Wildman–Crippen LogP) is 4.95. The van der Waals surface area contributed by atoms with Crippen molar-refractivity contribution >= 4 is 27.5 Å². The third kappa shape index (κ3) is 8.07. The van der Waals surface area contributed by atoms with Crippen LogP contribution in [0, 0.1) is 5.82 Å². The summed E-state index contributed by atoms with van der Waals surface area (Å²) in [5.74, 6) is -0.881. The highest BCUT2D eigenvalue weighted by molar-refractivity contribution is 7.92. The molecule has 1 aliphatic rings. The Bertz CT molecular complexity index is 1510. The fourth-order valence-corrected chi connectivity index (χ4v) is 6.81. The number of anilines is 1. The molecule has 0 spiro atoms. The van der Waals surface area contributed by atoms with Crippen molar-refractivity contribution < 1.29 is 31.9 Å². The molecule has 1 N–H and O–H groups in total. The quantitative estimate of drug-likeness (QED) is 0.288. The standard InChI is InChI=1S/C33H40FN3O6S/c1-24(33(39)35-27-12-8-5-9-13-27)36(21-20-25-10-6-4-7-11-25)32(38)23-37(28-16-14-26(34)15-17-28)44(40,41)29-18-19-30(42-2)31(22-29)43-3/h4,6-7,10-11,14-19,22,24,27H,5,8-9,12-13,20-21,23H2,1-3H3,(H,35,39). The molecule has 0 aromatic heterocycles. The number of halogens is 1. The van der Waals surface area contributed by atoms with Gasteiger partial charge in [-0.2, -0.15) is 0 Å². The fraction of sp³-hybridized carbons (Fsp3) is 0.394. The number of hydrogen-bond donors (Lipinski definition) is 1. The molecule has 1 fully saturated rings. The van der Waals surface area contributed by atoms with E-state index in [1.165, 1.54) is 49.5 Å². The fourth-order valence-electron chi connectivity index (χ4n) is 5.38. The average molecular weight is 626 g/mol. The van der Waals surface area contributed by atoms with Crippen LogP contribution in [0.15, 0.2) is 77.7 Å². The van der Waals surface area contributed by atoms with Crippen molar-refractivity contribution in [2.45, 2.75) is 62.4 Å². The van der Waals surface area contributed by atoms with Crippen LogP contribution in [0.5, 0.6) is 11.5 Å². The third-order valence-corrected chi connectivity index (χ3v) is 9.71. The van der Waals surface area contributed by atoms with Gasteiger partial charge in [-0.25, -0.2) is 12.8 Å². The number of amides is 2. The van der Waals surface area contributed by atoms with Gasteiger partial charge in [-0.05, 0) is 68.1 Å². The van der Waals surface area contributed by atoms with Crippen molar-refractivity contribution in [2.24, 2.45) is 0 Å². The van der Waals surface area contributed by atoms with Crippen molar-refractivity contribution in [3.05, 3.63) is 84.2 Å². The SMILES string of the molecule is COc1ccc(S(=O)(=O)N(CC(=O)N(CCc2ccccc2)C(C)C(=O)NC2CCCCC2)c2ccc(F)cc2)cc1OC. The van der Waals surface area contributed by atoms with Gasteiger partial charge in [0.25, 0.3) is 10.0 Å². The largest absolute Gasteiger partial charge is 0.493 e. The summed E-state index contributed by atoms with van der Waals surface area (Å²) >= 11 is 0. The zero-order valence-electron chi connectivity index (χ0n) is 25.4. The molecule has 4 rings (SSSR count). The summed E-state index contributed by atoms with van der Waals surface area (Å²) in [6.45, 7) is 1.24. The molecule has 1 atom stereocenters. The van der Waals surface area contributed by atoms with Crippen LogP contribution in [0.1, 0.15) is 44.6 Å². The lowest BCUT2D eigenvalue weighted by atomic mass is 9.95. The van der Waals surface area contributed by atoms with Crippen LogP contribution in [0.2, 0.25) is 0 Å². The number of nitrogens with one attached hydrogen (secondary N) is 1. The molecule has 11 heteroatoms. The number of ether oxygens (including phenoxy) is 2. The number of hydrogen-bond acceptors (Lipinski definition) is 6. The van der Waals surface area contributed by atoms with Gasteiger partial charge in [0.15, 0.2) is 11.5 Å². The van der Waals surface area contributed by atoms with Crippen molar-refractivity contribution in [1.29, 1.82) is 0 Å². The monoisotopic (exact) mass is 625 g/mol. The van der Waals surface area contributed by atoms with Crippen molar-refractivity contribution in [3.8, 4) is 11.5 Å². The van der Waals surface area contributed by atoms with Crippen LogP contribution in [0.25, 0.3) is 0 Å². The number of sulfonamides is 1. The van der Waals surface area contributed by atoms with Gasteiger partial charge >= 0.3 is 0 Å². The number of carbonyl (C=O) groups excluding carboxylic acids is 2. The highest BCUT2D eigenvalue weighted by Gasteiger charge is 2.33. The Labute approximate surface area is 259 Å². The summed E-state index contributed by atoms with van der Waals surface area (Å²) in [5.41, 5.74) is 1.07. The second-order valence-corrected chi connectivity index (χ2v) is 12.7. The van der Waals surface area contributed by atoms with Crippen molar-refractivity contribution in [3.63, 3.8) is 0 Å². The Morgan fingerprint density at radius 3 is 2.23 bits per heavy atom. The first-order valence-electron chi connectivity index (χ1n) is 14.8. The van der Waals surface area contributed by atoms with E-state index in [4.69, 9.17) is 9.47 Å². The topological polar surface area (TPSA) is 105 Å². The lowest BCUT2D eigenvalue weighted by molar-refractivity contribution is -0.139. The molecule has 1 aliphatic carbocycles. The van der Waals surface area contributed by atoms with Crippen LogP contribution >= 0.6 is 0 Å². The lowest BCUT2D eigenvalue weighted by Crippen LogP contribution is -2.53. The van der Waals surface area contributed by atoms with E-state index in [0.29, 0.717) is 12.2 Å². The molecule has 0 aliphatic heterocycles. The molecule has 1 saturated carbocycles. The molecule has 44 heavy (non-hydrogen) atoms. The highest BCUT2D eigenvalue weighted by atomic mass is 32.2. The number of nitrogens with zero attached hydrogens (tertiary/aromatic N) is 2. The normalized spacial score (nSPS) is 14.4. The van der Waals surface area contributed by atoms with Gasteiger partial charge in [-0.15, -0.1) is 0 Å². The van der Waals surface area contributed by atoms with Crippen LogP contribution in [-0.4, -0.2) is 64.5 Å². The number of methoxy groups -OCH3 is 2.